The Balaban J connectivity index is 2.39. The third-order valence-corrected chi connectivity index (χ3v) is 4.46. The Kier molecular flexibility index (Phi) is 5.44. The van der Waals surface area contributed by atoms with Gasteiger partial charge in [0.15, 0.2) is 0 Å². The third kappa shape index (κ3) is 4.02. The van der Waals surface area contributed by atoms with E-state index in [4.69, 9.17) is 10.4 Å². The topological polar surface area (TPSA) is 64.2 Å². The maximum Gasteiger partial charge on any atom is 0.0861 e. The van der Waals surface area contributed by atoms with E-state index in [2.05, 4.69) is 13.0 Å². The fourth-order valence-electron chi connectivity index (χ4n) is 1.95. The van der Waals surface area contributed by atoms with Crippen LogP contribution in [0.15, 0.2) is 0 Å². The maximum atomic E-state index is 9.26. The van der Waals surface area contributed by atoms with Crippen molar-refractivity contribution < 1.29 is 10.2 Å². The quantitative estimate of drug-likeness (QED) is 0.765. The van der Waals surface area contributed by atoms with Gasteiger partial charge in [0.05, 0.1) is 24.7 Å². The van der Waals surface area contributed by atoms with E-state index >= 15 is 0 Å². The van der Waals surface area contributed by atoms with E-state index < -0.39 is 6.10 Å². The van der Waals surface area contributed by atoms with E-state index in [1.165, 1.54) is 0 Å². The second-order valence-corrected chi connectivity index (χ2v) is 5.63. The van der Waals surface area contributed by atoms with E-state index in [1.54, 1.807) is 11.8 Å². The van der Waals surface area contributed by atoms with Crippen LogP contribution in [0.3, 0.4) is 0 Å². The van der Waals surface area contributed by atoms with E-state index in [9.17, 15) is 5.11 Å². The first-order valence-corrected chi connectivity index (χ1v) is 6.52. The van der Waals surface area contributed by atoms with Gasteiger partial charge in [0.1, 0.15) is 0 Å². The molecule has 0 aromatic rings. The molecule has 4 heteroatoms. The van der Waals surface area contributed by atoms with Crippen molar-refractivity contribution in [2.24, 2.45) is 11.8 Å². The molecule has 86 valence electrons. The van der Waals surface area contributed by atoms with Gasteiger partial charge in [-0.25, -0.2) is 0 Å². The Bertz CT molecular complexity index is 229. The lowest BCUT2D eigenvalue weighted by molar-refractivity contribution is 0.113. The van der Waals surface area contributed by atoms with Gasteiger partial charge in [-0.05, 0) is 25.2 Å². The molecule has 1 rings (SSSR count). The molecule has 0 heterocycles. The molecule has 0 spiro atoms. The van der Waals surface area contributed by atoms with Crippen molar-refractivity contribution in [3.63, 3.8) is 0 Å². The summed E-state index contributed by atoms with van der Waals surface area (Å²) in [6.07, 6.45) is 2.52. The Morgan fingerprint density at radius 2 is 2.27 bits per heavy atom. The van der Waals surface area contributed by atoms with E-state index in [-0.39, 0.29) is 12.5 Å². The second-order valence-electron chi connectivity index (χ2n) is 4.36. The monoisotopic (exact) mass is 229 g/mol. The van der Waals surface area contributed by atoms with E-state index in [0.29, 0.717) is 16.9 Å². The summed E-state index contributed by atoms with van der Waals surface area (Å²) in [6.45, 7) is 2.02. The van der Waals surface area contributed by atoms with Crippen molar-refractivity contribution in [3.05, 3.63) is 0 Å². The van der Waals surface area contributed by atoms with Gasteiger partial charge in [-0.15, -0.1) is 0 Å². The molecule has 4 atom stereocenters. The molecule has 3 nitrogen and oxygen atoms in total. The molecule has 0 aliphatic heterocycles. The van der Waals surface area contributed by atoms with E-state index in [0.717, 1.165) is 19.3 Å². The summed E-state index contributed by atoms with van der Waals surface area (Å²) in [5.41, 5.74) is 0. The SMILES string of the molecule is CC1CCC(C#N)C(SCC(O)CO)C1. The summed E-state index contributed by atoms with van der Waals surface area (Å²) in [7, 11) is 0. The number of aliphatic hydroxyl groups is 2. The summed E-state index contributed by atoms with van der Waals surface area (Å²) in [5.74, 6) is 1.34. The molecule has 1 aliphatic carbocycles. The highest BCUT2D eigenvalue weighted by molar-refractivity contribution is 7.99. The van der Waals surface area contributed by atoms with Crippen molar-refractivity contribution in [2.45, 2.75) is 37.5 Å². The van der Waals surface area contributed by atoms with Crippen LogP contribution in [0, 0.1) is 23.2 Å². The average molecular weight is 229 g/mol. The predicted octanol–water partition coefficient (Wildman–Crippen LogP) is 1.40. The Hall–Kier alpha value is -0.240. The van der Waals surface area contributed by atoms with Crippen molar-refractivity contribution in [1.29, 1.82) is 5.26 Å². The van der Waals surface area contributed by atoms with Crippen molar-refractivity contribution in [2.75, 3.05) is 12.4 Å². The molecule has 1 aliphatic rings. The van der Waals surface area contributed by atoms with Crippen molar-refractivity contribution in [1.82, 2.24) is 0 Å². The largest absolute Gasteiger partial charge is 0.394 e. The molecule has 0 bridgehead atoms. The van der Waals surface area contributed by atoms with Crippen LogP contribution in [-0.2, 0) is 0 Å². The smallest absolute Gasteiger partial charge is 0.0861 e. The normalized spacial score (nSPS) is 33.3. The van der Waals surface area contributed by atoms with Crippen molar-refractivity contribution >= 4 is 11.8 Å². The van der Waals surface area contributed by atoms with Gasteiger partial charge in [0.2, 0.25) is 0 Å². The van der Waals surface area contributed by atoms with Gasteiger partial charge in [-0.2, -0.15) is 17.0 Å². The van der Waals surface area contributed by atoms with Gasteiger partial charge in [0.25, 0.3) is 0 Å². The molecule has 0 radical (unpaired) electrons. The fraction of sp³-hybridized carbons (Fsp3) is 0.909. The third-order valence-electron chi connectivity index (χ3n) is 2.93. The Morgan fingerprint density at radius 3 is 2.87 bits per heavy atom. The van der Waals surface area contributed by atoms with Gasteiger partial charge in [0, 0.05) is 11.0 Å². The second kappa shape index (κ2) is 6.37. The molecule has 1 saturated carbocycles. The van der Waals surface area contributed by atoms with Gasteiger partial charge >= 0.3 is 0 Å². The number of aliphatic hydroxyl groups excluding tert-OH is 2. The molecular weight excluding hydrogens is 210 g/mol. The lowest BCUT2D eigenvalue weighted by atomic mass is 9.83. The standard InChI is InChI=1S/C11H19NO2S/c1-8-2-3-9(5-12)11(4-8)15-7-10(14)6-13/h8-11,13-14H,2-4,6-7H2,1H3. The Morgan fingerprint density at radius 1 is 1.53 bits per heavy atom. The number of rotatable bonds is 4. The van der Waals surface area contributed by atoms with Crippen molar-refractivity contribution in [3.8, 4) is 6.07 Å². The minimum Gasteiger partial charge on any atom is -0.394 e. The summed E-state index contributed by atoms with van der Waals surface area (Å²) in [5, 5.41) is 27.3. The summed E-state index contributed by atoms with van der Waals surface area (Å²) in [4.78, 5) is 0. The van der Waals surface area contributed by atoms with Crippen LogP contribution in [0.4, 0.5) is 0 Å². The van der Waals surface area contributed by atoms with Crippen LogP contribution in [0.2, 0.25) is 0 Å². The van der Waals surface area contributed by atoms with Gasteiger partial charge < -0.3 is 10.2 Å². The first kappa shape index (κ1) is 12.8. The first-order chi connectivity index (χ1) is 7.17. The molecule has 4 unspecified atom stereocenters. The van der Waals surface area contributed by atoms with Gasteiger partial charge in [-0.3, -0.25) is 0 Å². The molecule has 1 fully saturated rings. The zero-order valence-corrected chi connectivity index (χ0v) is 9.91. The molecule has 0 aromatic heterocycles. The van der Waals surface area contributed by atoms with Crippen LogP contribution < -0.4 is 0 Å². The summed E-state index contributed by atoms with van der Waals surface area (Å²) in [6, 6.07) is 2.35. The Labute approximate surface area is 95.5 Å². The van der Waals surface area contributed by atoms with Gasteiger partial charge in [-0.1, -0.05) is 6.92 Å². The zero-order chi connectivity index (χ0) is 11.3. The number of thioether (sulfide) groups is 1. The van der Waals surface area contributed by atoms with Crippen LogP contribution in [0.25, 0.3) is 0 Å². The molecule has 0 saturated heterocycles. The highest BCUT2D eigenvalue weighted by atomic mass is 32.2. The maximum absolute atomic E-state index is 9.26. The molecule has 0 aromatic carbocycles. The molecular formula is C11H19NO2S. The van der Waals surface area contributed by atoms with Crippen LogP contribution in [-0.4, -0.2) is 33.9 Å². The highest BCUT2D eigenvalue weighted by Crippen LogP contribution is 2.36. The van der Waals surface area contributed by atoms with Crippen LogP contribution in [0.5, 0.6) is 0 Å². The predicted molar refractivity (Wildman–Crippen MR) is 61.5 cm³/mol. The molecule has 2 N–H and O–H groups in total. The number of nitriles is 1. The zero-order valence-electron chi connectivity index (χ0n) is 9.09. The average Bonchev–Trinajstić information content (AvgIpc) is 2.26. The molecule has 0 amide bonds. The molecule has 15 heavy (non-hydrogen) atoms. The number of hydrogen-bond acceptors (Lipinski definition) is 4. The highest BCUT2D eigenvalue weighted by Gasteiger charge is 2.29. The minimum absolute atomic E-state index is 0.122. The van der Waals surface area contributed by atoms with Crippen LogP contribution >= 0.6 is 11.8 Å². The first-order valence-electron chi connectivity index (χ1n) is 5.47. The lowest BCUT2D eigenvalue weighted by Crippen LogP contribution is -2.27. The number of nitrogens with zero attached hydrogens (tertiary/aromatic N) is 1. The fourth-order valence-corrected chi connectivity index (χ4v) is 3.42. The lowest BCUT2D eigenvalue weighted by Gasteiger charge is -2.30. The summed E-state index contributed by atoms with van der Waals surface area (Å²) >= 11 is 1.63. The minimum atomic E-state index is -0.647. The summed E-state index contributed by atoms with van der Waals surface area (Å²) < 4.78 is 0. The van der Waals surface area contributed by atoms with E-state index in [1.807, 2.05) is 0 Å². The number of hydrogen-bond donors (Lipinski definition) is 2. The van der Waals surface area contributed by atoms with Crippen LogP contribution in [0.1, 0.15) is 26.2 Å².